The summed E-state index contributed by atoms with van der Waals surface area (Å²) < 4.78 is 57.3. The van der Waals surface area contributed by atoms with Gasteiger partial charge in [0, 0.05) is 19.7 Å². The third kappa shape index (κ3) is 6.03. The van der Waals surface area contributed by atoms with Gasteiger partial charge in [-0.1, -0.05) is 12.1 Å². The van der Waals surface area contributed by atoms with Crippen molar-refractivity contribution in [3.63, 3.8) is 0 Å². The summed E-state index contributed by atoms with van der Waals surface area (Å²) in [5, 5.41) is 11.9. The number of ether oxygens (including phenoxy) is 2. The van der Waals surface area contributed by atoms with Crippen LogP contribution in [0.3, 0.4) is 0 Å². The van der Waals surface area contributed by atoms with Crippen molar-refractivity contribution in [2.75, 3.05) is 6.61 Å². The van der Waals surface area contributed by atoms with E-state index < -0.39 is 23.9 Å². The maximum Gasteiger partial charge on any atom is 0.573 e. The largest absolute Gasteiger partial charge is 0.573 e. The lowest BCUT2D eigenvalue weighted by molar-refractivity contribution is -0.275. The van der Waals surface area contributed by atoms with Gasteiger partial charge < -0.3 is 24.5 Å². The molecule has 2 N–H and O–H groups in total. The first-order valence-electron chi connectivity index (χ1n) is 9.84. The normalized spacial score (nSPS) is 14.7. The fraction of sp³-hybridized carbons (Fsp3) is 0.227. The van der Waals surface area contributed by atoms with Gasteiger partial charge in [0.1, 0.15) is 22.8 Å². The van der Waals surface area contributed by atoms with Crippen LogP contribution < -0.4 is 14.8 Å². The molecular formula is C22H19F4N3O5. The quantitative estimate of drug-likeness (QED) is 0.544. The van der Waals surface area contributed by atoms with Crippen LogP contribution in [0, 0.1) is 5.82 Å². The number of hydrogen-bond donors (Lipinski definition) is 2. The van der Waals surface area contributed by atoms with E-state index in [4.69, 9.17) is 9.84 Å². The van der Waals surface area contributed by atoms with Gasteiger partial charge in [0.25, 0.3) is 5.91 Å². The van der Waals surface area contributed by atoms with Crippen LogP contribution in [0.15, 0.2) is 54.7 Å². The minimum atomic E-state index is -4.85. The van der Waals surface area contributed by atoms with E-state index in [2.05, 4.69) is 15.0 Å². The number of halogens is 4. The average molecular weight is 481 g/mol. The molecule has 0 spiro atoms. The van der Waals surface area contributed by atoms with Crippen LogP contribution >= 0.6 is 0 Å². The summed E-state index contributed by atoms with van der Waals surface area (Å²) >= 11 is 0. The number of para-hydroxylation sites is 1. The third-order valence-corrected chi connectivity index (χ3v) is 4.74. The van der Waals surface area contributed by atoms with Gasteiger partial charge in [-0.3, -0.25) is 9.78 Å². The van der Waals surface area contributed by atoms with Gasteiger partial charge in [-0.15, -0.1) is 13.2 Å². The number of nitrogens with one attached hydrogen (secondary N) is 1. The van der Waals surface area contributed by atoms with Gasteiger partial charge in [0.2, 0.25) is 0 Å². The zero-order chi connectivity index (χ0) is 24.9. The van der Waals surface area contributed by atoms with Crippen molar-refractivity contribution in [2.45, 2.75) is 18.8 Å². The van der Waals surface area contributed by atoms with Gasteiger partial charge in [-0.2, -0.15) is 0 Å². The standard InChI is InChI=1S/C15H15N3O4.C7H4F4O/c1-18-10(4-5-11(18)15(20)21)14(19)17-9-6-8-22-12-3-2-7-16-13(9)12;8-5-3-1-2-4-6(5)12-7(9,10)11/h2-5,7,9H,6,8H2,1H3,(H,17,19)(H,20,21);1-4H. The molecule has 0 radical (unpaired) electrons. The fourth-order valence-corrected chi connectivity index (χ4v) is 3.19. The molecule has 8 nitrogen and oxygen atoms in total. The molecule has 0 fully saturated rings. The lowest BCUT2D eigenvalue weighted by atomic mass is 10.1. The Balaban J connectivity index is 0.000000229. The Bertz CT molecular complexity index is 1180. The Labute approximate surface area is 190 Å². The molecule has 4 rings (SSSR count). The molecule has 0 aliphatic carbocycles. The van der Waals surface area contributed by atoms with Crippen LogP contribution in [0.1, 0.15) is 39.1 Å². The van der Waals surface area contributed by atoms with E-state index >= 15 is 0 Å². The zero-order valence-corrected chi connectivity index (χ0v) is 17.7. The summed E-state index contributed by atoms with van der Waals surface area (Å²) in [5.74, 6) is -2.59. The van der Waals surface area contributed by atoms with Crippen molar-refractivity contribution in [3.05, 3.63) is 77.6 Å². The number of pyridine rings is 1. The van der Waals surface area contributed by atoms with Gasteiger partial charge in [-0.25, -0.2) is 9.18 Å². The number of fused-ring (bicyclic) bond motifs is 1. The lowest BCUT2D eigenvalue weighted by Gasteiger charge is -2.25. The molecule has 0 bridgehead atoms. The Morgan fingerprint density at radius 1 is 1.15 bits per heavy atom. The van der Waals surface area contributed by atoms with E-state index in [9.17, 15) is 27.2 Å². The Morgan fingerprint density at radius 3 is 2.50 bits per heavy atom. The predicted octanol–water partition coefficient (Wildman–Crippen LogP) is 4.10. The molecule has 1 aliphatic heterocycles. The van der Waals surface area contributed by atoms with Gasteiger partial charge in [0.15, 0.2) is 11.6 Å². The van der Waals surface area contributed by atoms with Crippen molar-refractivity contribution in [2.24, 2.45) is 7.05 Å². The first kappa shape index (κ1) is 24.6. The average Bonchev–Trinajstić information content (AvgIpc) is 3.17. The van der Waals surface area contributed by atoms with Gasteiger partial charge >= 0.3 is 12.3 Å². The summed E-state index contributed by atoms with van der Waals surface area (Å²) in [6.45, 7) is 0.497. The van der Waals surface area contributed by atoms with Crippen LogP contribution in [0.2, 0.25) is 0 Å². The van der Waals surface area contributed by atoms with Crippen molar-refractivity contribution in [3.8, 4) is 11.5 Å². The number of carboxylic acid groups (broad SMARTS) is 1. The Hall–Kier alpha value is -4.09. The maximum absolute atomic E-state index is 12.5. The monoisotopic (exact) mass is 481 g/mol. The minimum Gasteiger partial charge on any atom is -0.491 e. The second-order valence-corrected chi connectivity index (χ2v) is 7.00. The lowest BCUT2D eigenvalue weighted by Crippen LogP contribution is -2.33. The number of rotatable bonds is 4. The molecule has 3 heterocycles. The van der Waals surface area contributed by atoms with E-state index in [1.54, 1.807) is 19.3 Å². The number of alkyl halides is 3. The SMILES string of the molecule is Cn1c(C(=O)O)ccc1C(=O)NC1CCOc2cccnc21.Fc1ccccc1OC(F)(F)F. The Kier molecular flexibility index (Phi) is 7.39. The molecule has 1 aliphatic rings. The molecule has 12 heteroatoms. The van der Waals surface area contributed by atoms with E-state index in [-0.39, 0.29) is 17.6 Å². The number of benzene rings is 1. The van der Waals surface area contributed by atoms with Crippen LogP contribution in [-0.2, 0) is 7.05 Å². The minimum absolute atomic E-state index is 0.0654. The van der Waals surface area contributed by atoms with E-state index in [0.29, 0.717) is 30.2 Å². The van der Waals surface area contributed by atoms with Gasteiger partial charge in [-0.05, 0) is 36.4 Å². The van der Waals surface area contributed by atoms with Crippen LogP contribution in [-0.4, -0.2) is 39.5 Å². The van der Waals surface area contributed by atoms with Crippen molar-refractivity contribution >= 4 is 11.9 Å². The third-order valence-electron chi connectivity index (χ3n) is 4.74. The summed E-state index contributed by atoms with van der Waals surface area (Å²) in [6, 6.07) is 10.6. The molecule has 1 atom stereocenters. The predicted molar refractivity (Wildman–Crippen MR) is 110 cm³/mol. The molecule has 1 aromatic carbocycles. The molecule has 34 heavy (non-hydrogen) atoms. The summed E-state index contributed by atoms with van der Waals surface area (Å²) in [5.41, 5.74) is 1.05. The molecular weight excluding hydrogens is 462 g/mol. The highest BCUT2D eigenvalue weighted by Crippen LogP contribution is 2.30. The molecule has 3 aromatic rings. The first-order chi connectivity index (χ1) is 16.1. The number of hydrogen-bond acceptors (Lipinski definition) is 5. The number of amides is 1. The number of carbonyl (C=O) groups is 2. The second-order valence-electron chi connectivity index (χ2n) is 7.00. The molecule has 1 amide bonds. The highest BCUT2D eigenvalue weighted by Gasteiger charge is 2.32. The summed E-state index contributed by atoms with van der Waals surface area (Å²) in [6.07, 6.45) is -2.58. The molecule has 180 valence electrons. The number of carbonyl (C=O) groups excluding carboxylic acids is 1. The van der Waals surface area contributed by atoms with Crippen LogP contribution in [0.4, 0.5) is 17.6 Å². The van der Waals surface area contributed by atoms with Crippen LogP contribution in [0.25, 0.3) is 0 Å². The van der Waals surface area contributed by atoms with E-state index in [1.165, 1.54) is 28.8 Å². The van der Waals surface area contributed by atoms with Crippen molar-refractivity contribution < 1.29 is 41.7 Å². The maximum atomic E-state index is 12.5. The number of aromatic nitrogens is 2. The smallest absolute Gasteiger partial charge is 0.491 e. The van der Waals surface area contributed by atoms with Gasteiger partial charge in [0.05, 0.1) is 12.6 Å². The molecule has 0 saturated carbocycles. The number of carboxylic acids is 1. The summed E-state index contributed by atoms with van der Waals surface area (Å²) in [7, 11) is 1.55. The van der Waals surface area contributed by atoms with E-state index in [0.717, 1.165) is 12.1 Å². The highest BCUT2D eigenvalue weighted by molar-refractivity contribution is 5.96. The number of aromatic carboxylic acids is 1. The zero-order valence-electron chi connectivity index (χ0n) is 17.7. The fourth-order valence-electron chi connectivity index (χ4n) is 3.19. The second kappa shape index (κ2) is 10.2. The van der Waals surface area contributed by atoms with Crippen LogP contribution in [0.5, 0.6) is 11.5 Å². The molecule has 0 saturated heterocycles. The first-order valence-corrected chi connectivity index (χ1v) is 9.84. The van der Waals surface area contributed by atoms with E-state index in [1.807, 2.05) is 6.07 Å². The van der Waals surface area contributed by atoms with Crippen molar-refractivity contribution in [1.29, 1.82) is 0 Å². The number of nitrogens with zero attached hydrogens (tertiary/aromatic N) is 2. The van der Waals surface area contributed by atoms with Crippen molar-refractivity contribution in [1.82, 2.24) is 14.9 Å². The molecule has 2 aromatic heterocycles. The Morgan fingerprint density at radius 2 is 1.85 bits per heavy atom. The topological polar surface area (TPSA) is 103 Å². The molecule has 1 unspecified atom stereocenters. The summed E-state index contributed by atoms with van der Waals surface area (Å²) in [4.78, 5) is 27.7. The highest BCUT2D eigenvalue weighted by atomic mass is 19.4.